The summed E-state index contributed by atoms with van der Waals surface area (Å²) in [5.41, 5.74) is 2.27. The number of thioether (sulfide) groups is 1. The topological polar surface area (TPSA) is 0 Å². The fourth-order valence-electron chi connectivity index (χ4n) is 2.46. The summed E-state index contributed by atoms with van der Waals surface area (Å²) in [7, 11) is 0. The Labute approximate surface area is 142 Å². The van der Waals surface area contributed by atoms with Crippen molar-refractivity contribution in [2.45, 2.75) is 10.3 Å². The first-order valence-electron chi connectivity index (χ1n) is 6.66. The number of rotatable bonds is 3. The lowest BCUT2D eigenvalue weighted by Crippen LogP contribution is -1.95. The van der Waals surface area contributed by atoms with E-state index in [1.54, 1.807) is 11.8 Å². The van der Waals surface area contributed by atoms with Crippen LogP contribution in [0.2, 0.25) is 0 Å². The maximum Gasteiger partial charge on any atom is 0.0841 e. The van der Waals surface area contributed by atoms with Crippen molar-refractivity contribution in [3.63, 3.8) is 0 Å². The summed E-state index contributed by atoms with van der Waals surface area (Å²) in [6.45, 7) is 0. The van der Waals surface area contributed by atoms with E-state index >= 15 is 0 Å². The van der Waals surface area contributed by atoms with E-state index in [-0.39, 0.29) is 5.38 Å². The fourth-order valence-corrected chi connectivity index (χ4v) is 3.68. The number of fused-ring (bicyclic) bond motifs is 1. The SMILES string of the molecule is CSc1ccc(C(Cl)c2ccc(Br)c3ccccc23)cc1. The van der Waals surface area contributed by atoms with Crippen molar-refractivity contribution in [2.24, 2.45) is 0 Å². The number of alkyl halides is 1. The quantitative estimate of drug-likeness (QED) is 0.363. The molecule has 0 saturated carbocycles. The van der Waals surface area contributed by atoms with Crippen LogP contribution >= 0.6 is 39.3 Å². The van der Waals surface area contributed by atoms with Gasteiger partial charge >= 0.3 is 0 Å². The van der Waals surface area contributed by atoms with Crippen LogP contribution in [0.1, 0.15) is 16.5 Å². The molecule has 0 saturated heterocycles. The van der Waals surface area contributed by atoms with Gasteiger partial charge in [-0.2, -0.15) is 0 Å². The summed E-state index contributed by atoms with van der Waals surface area (Å²) >= 11 is 12.1. The van der Waals surface area contributed by atoms with Gasteiger partial charge in [0, 0.05) is 9.37 Å². The van der Waals surface area contributed by atoms with Gasteiger partial charge in [0.15, 0.2) is 0 Å². The van der Waals surface area contributed by atoms with Crippen molar-refractivity contribution in [1.29, 1.82) is 0 Å². The molecule has 1 atom stereocenters. The molecule has 0 amide bonds. The molecule has 0 aliphatic carbocycles. The Morgan fingerprint density at radius 3 is 2.24 bits per heavy atom. The highest BCUT2D eigenvalue weighted by Gasteiger charge is 2.14. The van der Waals surface area contributed by atoms with Crippen molar-refractivity contribution in [2.75, 3.05) is 6.26 Å². The summed E-state index contributed by atoms with van der Waals surface area (Å²) in [5.74, 6) is 0. The minimum Gasteiger partial charge on any atom is -0.130 e. The van der Waals surface area contributed by atoms with Gasteiger partial charge in [0.2, 0.25) is 0 Å². The van der Waals surface area contributed by atoms with E-state index in [0.29, 0.717) is 0 Å². The molecule has 0 aromatic heterocycles. The van der Waals surface area contributed by atoms with Crippen molar-refractivity contribution in [3.8, 4) is 0 Å². The molecule has 3 aromatic rings. The van der Waals surface area contributed by atoms with Gasteiger partial charge in [-0.1, -0.05) is 58.4 Å². The Morgan fingerprint density at radius 2 is 1.57 bits per heavy atom. The van der Waals surface area contributed by atoms with E-state index in [2.05, 4.69) is 76.8 Å². The molecule has 106 valence electrons. The van der Waals surface area contributed by atoms with Crippen molar-refractivity contribution in [3.05, 3.63) is 76.3 Å². The Kier molecular flexibility index (Phi) is 4.58. The van der Waals surface area contributed by atoms with Crippen LogP contribution in [0.15, 0.2) is 70.0 Å². The highest BCUT2D eigenvalue weighted by Crippen LogP contribution is 2.36. The fraction of sp³-hybridized carbons (Fsp3) is 0.111. The second-order valence-corrected chi connectivity index (χ2v) is 6.99. The maximum atomic E-state index is 6.74. The minimum absolute atomic E-state index is 0.140. The summed E-state index contributed by atoms with van der Waals surface area (Å²) in [4.78, 5) is 1.25. The lowest BCUT2D eigenvalue weighted by molar-refractivity contribution is 1.15. The zero-order valence-corrected chi connectivity index (χ0v) is 14.7. The van der Waals surface area contributed by atoms with Gasteiger partial charge in [0.25, 0.3) is 0 Å². The Hall–Kier alpha value is -0.960. The van der Waals surface area contributed by atoms with Gasteiger partial charge < -0.3 is 0 Å². The Morgan fingerprint density at radius 1 is 0.905 bits per heavy atom. The number of halogens is 2. The normalized spacial score (nSPS) is 12.5. The summed E-state index contributed by atoms with van der Waals surface area (Å²) < 4.78 is 1.10. The predicted octanol–water partition coefficient (Wildman–Crippen LogP) is 6.65. The first kappa shape index (κ1) is 15.0. The zero-order valence-electron chi connectivity index (χ0n) is 11.5. The van der Waals surface area contributed by atoms with Crippen LogP contribution in [0.4, 0.5) is 0 Å². The maximum absolute atomic E-state index is 6.74. The summed E-state index contributed by atoms with van der Waals surface area (Å²) in [6, 6.07) is 21.0. The molecule has 0 heterocycles. The van der Waals surface area contributed by atoms with Crippen molar-refractivity contribution in [1.82, 2.24) is 0 Å². The van der Waals surface area contributed by atoms with E-state index in [4.69, 9.17) is 11.6 Å². The van der Waals surface area contributed by atoms with E-state index in [1.165, 1.54) is 15.7 Å². The van der Waals surface area contributed by atoms with Gasteiger partial charge in [-0.25, -0.2) is 0 Å². The van der Waals surface area contributed by atoms with E-state index in [0.717, 1.165) is 15.6 Å². The molecule has 0 aliphatic heterocycles. The van der Waals surface area contributed by atoms with Crippen LogP contribution < -0.4 is 0 Å². The Balaban J connectivity index is 2.08. The summed E-state index contributed by atoms with van der Waals surface area (Å²) in [5, 5.41) is 2.25. The molecule has 1 unspecified atom stereocenters. The number of hydrogen-bond donors (Lipinski definition) is 0. The molecule has 21 heavy (non-hydrogen) atoms. The van der Waals surface area contributed by atoms with Gasteiger partial charge in [0.05, 0.1) is 5.38 Å². The van der Waals surface area contributed by atoms with Crippen molar-refractivity contribution >= 4 is 50.1 Å². The largest absolute Gasteiger partial charge is 0.130 e. The third kappa shape index (κ3) is 2.98. The van der Waals surface area contributed by atoms with Crippen LogP contribution in [0.5, 0.6) is 0 Å². The van der Waals surface area contributed by atoms with Crippen LogP contribution in [-0.4, -0.2) is 6.26 Å². The lowest BCUT2D eigenvalue weighted by Gasteiger charge is -2.14. The first-order chi connectivity index (χ1) is 10.2. The molecule has 0 nitrogen and oxygen atoms in total. The smallest absolute Gasteiger partial charge is 0.0841 e. The number of hydrogen-bond acceptors (Lipinski definition) is 1. The van der Waals surface area contributed by atoms with Gasteiger partial charge in [-0.15, -0.1) is 23.4 Å². The molecule has 0 N–H and O–H groups in total. The van der Waals surface area contributed by atoms with E-state index in [1.807, 2.05) is 6.07 Å². The van der Waals surface area contributed by atoms with E-state index in [9.17, 15) is 0 Å². The second kappa shape index (κ2) is 6.43. The molecule has 3 heteroatoms. The lowest BCUT2D eigenvalue weighted by atomic mass is 9.98. The zero-order chi connectivity index (χ0) is 14.8. The van der Waals surface area contributed by atoms with Crippen molar-refractivity contribution < 1.29 is 0 Å². The molecular weight excluding hydrogens is 364 g/mol. The van der Waals surface area contributed by atoms with Crippen LogP contribution in [0.3, 0.4) is 0 Å². The summed E-state index contributed by atoms with van der Waals surface area (Å²) in [6.07, 6.45) is 2.08. The molecule has 3 aromatic carbocycles. The molecule has 0 spiro atoms. The average molecular weight is 378 g/mol. The van der Waals surface area contributed by atoms with Gasteiger partial charge in [-0.05, 0) is 46.4 Å². The van der Waals surface area contributed by atoms with E-state index < -0.39 is 0 Å². The first-order valence-corrected chi connectivity index (χ1v) is 9.11. The average Bonchev–Trinajstić information content (AvgIpc) is 2.55. The molecule has 3 rings (SSSR count). The molecule has 0 radical (unpaired) electrons. The monoisotopic (exact) mass is 376 g/mol. The Bertz CT molecular complexity index is 768. The standard InChI is InChI=1S/C18H14BrClS/c1-21-13-8-6-12(7-9-13)18(20)16-10-11-17(19)15-5-3-2-4-14(15)16/h2-11,18H,1H3. The number of benzene rings is 3. The minimum atomic E-state index is -0.140. The highest BCUT2D eigenvalue weighted by molar-refractivity contribution is 9.10. The van der Waals surface area contributed by atoms with Crippen LogP contribution in [-0.2, 0) is 0 Å². The van der Waals surface area contributed by atoms with Crippen LogP contribution in [0.25, 0.3) is 10.8 Å². The third-order valence-electron chi connectivity index (χ3n) is 3.59. The molecule has 0 fully saturated rings. The van der Waals surface area contributed by atoms with Gasteiger partial charge in [0.1, 0.15) is 0 Å². The highest BCUT2D eigenvalue weighted by atomic mass is 79.9. The molecule has 0 aliphatic rings. The predicted molar refractivity (Wildman–Crippen MR) is 97.6 cm³/mol. The van der Waals surface area contributed by atoms with Gasteiger partial charge in [-0.3, -0.25) is 0 Å². The van der Waals surface area contributed by atoms with Crippen LogP contribution in [0, 0.1) is 0 Å². The molecule has 0 bridgehead atoms. The second-order valence-electron chi connectivity index (χ2n) is 4.82. The third-order valence-corrected chi connectivity index (χ3v) is 5.51. The molecular formula is C18H14BrClS.